The molecule has 0 aliphatic carbocycles. The molecule has 0 aromatic carbocycles. The van der Waals surface area contributed by atoms with E-state index < -0.39 is 18.1 Å². The lowest BCUT2D eigenvalue weighted by molar-refractivity contribution is -0.275. The van der Waals surface area contributed by atoms with E-state index in [1.165, 1.54) is 14.0 Å². The zero-order valence-corrected chi connectivity index (χ0v) is 11.2. The van der Waals surface area contributed by atoms with Crippen LogP contribution in [0, 0.1) is 6.92 Å². The van der Waals surface area contributed by atoms with Crippen molar-refractivity contribution in [3.63, 3.8) is 0 Å². The van der Waals surface area contributed by atoms with Crippen LogP contribution in [0.4, 0.5) is 13.2 Å². The molecule has 0 fully saturated rings. The van der Waals surface area contributed by atoms with Gasteiger partial charge in [0.1, 0.15) is 5.75 Å². The minimum atomic E-state index is -4.82. The van der Waals surface area contributed by atoms with Gasteiger partial charge in [0.25, 0.3) is 0 Å². The molecule has 0 unspecified atom stereocenters. The molecule has 1 aromatic heterocycles. The molecule has 0 saturated carbocycles. The summed E-state index contributed by atoms with van der Waals surface area (Å²) in [6.45, 7) is 3.24. The Hall–Kier alpha value is -1.99. The number of aromatic nitrogens is 1. The quantitative estimate of drug-likeness (QED) is 0.780. The number of carbonyl (C=O) groups excluding carboxylic acids is 1. The minimum absolute atomic E-state index is 0.0693. The maximum Gasteiger partial charge on any atom is 0.573 e. The molecule has 0 amide bonds. The molecule has 5 nitrogen and oxygen atoms in total. The van der Waals surface area contributed by atoms with Crippen molar-refractivity contribution in [1.29, 1.82) is 0 Å². The fourth-order valence-electron chi connectivity index (χ4n) is 1.59. The van der Waals surface area contributed by atoms with Crippen LogP contribution >= 0.6 is 0 Å². The number of nitrogens with zero attached hydrogens (tertiary/aromatic N) is 1. The number of rotatable bonds is 5. The van der Waals surface area contributed by atoms with Crippen LogP contribution in [0.3, 0.4) is 0 Å². The molecule has 1 heterocycles. The first-order valence-corrected chi connectivity index (χ1v) is 5.72. The van der Waals surface area contributed by atoms with Crippen molar-refractivity contribution in [1.82, 2.24) is 4.98 Å². The predicted molar refractivity (Wildman–Crippen MR) is 62.5 cm³/mol. The fraction of sp³-hybridized carbons (Fsp3) is 0.500. The smallest absolute Gasteiger partial charge is 0.494 e. The summed E-state index contributed by atoms with van der Waals surface area (Å²) in [6.07, 6.45) is -4.11. The standard InChI is InChI=1S/C12H14F3NO4/c1-4-19-10(17)5-8-11(18-3)7(2)9(6-16-8)20-12(13,14)15/h6H,4-5H2,1-3H3. The van der Waals surface area contributed by atoms with Crippen molar-refractivity contribution >= 4 is 5.97 Å². The number of halogens is 3. The Morgan fingerprint density at radius 2 is 2.05 bits per heavy atom. The average Bonchev–Trinajstić information content (AvgIpc) is 2.32. The van der Waals surface area contributed by atoms with Gasteiger partial charge >= 0.3 is 12.3 Å². The van der Waals surface area contributed by atoms with Gasteiger partial charge in [0.15, 0.2) is 5.75 Å². The van der Waals surface area contributed by atoms with Gasteiger partial charge in [0, 0.05) is 5.56 Å². The maximum atomic E-state index is 12.2. The van der Waals surface area contributed by atoms with Crippen LogP contribution < -0.4 is 9.47 Å². The van der Waals surface area contributed by atoms with Gasteiger partial charge in [-0.05, 0) is 13.8 Å². The summed E-state index contributed by atoms with van der Waals surface area (Å²) < 4.78 is 50.2. The predicted octanol–water partition coefficient (Wildman–Crippen LogP) is 2.40. The van der Waals surface area contributed by atoms with Crippen LogP contribution in [0.2, 0.25) is 0 Å². The lowest BCUT2D eigenvalue weighted by Gasteiger charge is -2.15. The highest BCUT2D eigenvalue weighted by atomic mass is 19.4. The van der Waals surface area contributed by atoms with E-state index in [0.717, 1.165) is 6.20 Å². The number of pyridine rings is 1. The fourth-order valence-corrected chi connectivity index (χ4v) is 1.59. The third-order valence-electron chi connectivity index (χ3n) is 2.36. The van der Waals surface area contributed by atoms with E-state index in [1.807, 2.05) is 0 Å². The monoisotopic (exact) mass is 293 g/mol. The molecule has 0 bridgehead atoms. The first-order chi connectivity index (χ1) is 9.28. The van der Waals surface area contributed by atoms with Gasteiger partial charge in [0.2, 0.25) is 0 Å². The third kappa shape index (κ3) is 4.29. The number of methoxy groups -OCH3 is 1. The van der Waals surface area contributed by atoms with Crippen LogP contribution in [0.25, 0.3) is 0 Å². The molecule has 0 aliphatic heterocycles. The highest BCUT2D eigenvalue weighted by Gasteiger charge is 2.32. The molecule has 0 atom stereocenters. The summed E-state index contributed by atoms with van der Waals surface area (Å²) in [7, 11) is 1.27. The Labute approximate surface area is 113 Å². The van der Waals surface area contributed by atoms with E-state index in [9.17, 15) is 18.0 Å². The van der Waals surface area contributed by atoms with Gasteiger partial charge in [-0.15, -0.1) is 13.2 Å². The molecule has 0 saturated heterocycles. The second kappa shape index (κ2) is 6.44. The summed E-state index contributed by atoms with van der Waals surface area (Å²) in [5.41, 5.74) is 0.303. The van der Waals surface area contributed by atoms with Gasteiger partial charge in [0.05, 0.1) is 32.0 Å². The molecule has 0 aliphatic rings. The number of carbonyl (C=O) groups is 1. The van der Waals surface area contributed by atoms with Crippen molar-refractivity contribution in [2.45, 2.75) is 26.6 Å². The molecule has 112 valence electrons. The van der Waals surface area contributed by atoms with Gasteiger partial charge in [-0.3, -0.25) is 9.78 Å². The van der Waals surface area contributed by atoms with Crippen LogP contribution in [-0.4, -0.2) is 31.0 Å². The van der Waals surface area contributed by atoms with Crippen LogP contribution in [-0.2, 0) is 16.0 Å². The molecule has 8 heteroatoms. The largest absolute Gasteiger partial charge is 0.573 e. The molecule has 1 aromatic rings. The zero-order chi connectivity index (χ0) is 15.3. The second-order valence-corrected chi connectivity index (χ2v) is 3.76. The van der Waals surface area contributed by atoms with E-state index in [2.05, 4.69) is 9.72 Å². The van der Waals surface area contributed by atoms with Gasteiger partial charge in [-0.25, -0.2) is 0 Å². The van der Waals surface area contributed by atoms with Crippen molar-refractivity contribution in [3.8, 4) is 11.5 Å². The summed E-state index contributed by atoms with van der Waals surface area (Å²) in [5.74, 6) is -0.941. The van der Waals surface area contributed by atoms with E-state index in [4.69, 9.17) is 9.47 Å². The lowest BCUT2D eigenvalue weighted by Crippen LogP contribution is -2.19. The summed E-state index contributed by atoms with van der Waals surface area (Å²) in [4.78, 5) is 15.1. The summed E-state index contributed by atoms with van der Waals surface area (Å²) in [6, 6.07) is 0. The Kier molecular flexibility index (Phi) is 5.18. The maximum absolute atomic E-state index is 12.2. The molecule has 20 heavy (non-hydrogen) atoms. The van der Waals surface area contributed by atoms with Crippen LogP contribution in [0.1, 0.15) is 18.2 Å². The van der Waals surface area contributed by atoms with E-state index in [0.29, 0.717) is 0 Å². The zero-order valence-electron chi connectivity index (χ0n) is 11.2. The minimum Gasteiger partial charge on any atom is -0.494 e. The van der Waals surface area contributed by atoms with Gasteiger partial charge in [-0.1, -0.05) is 0 Å². The Balaban J connectivity index is 3.05. The number of ether oxygens (including phenoxy) is 3. The van der Waals surface area contributed by atoms with Crippen molar-refractivity contribution < 1.29 is 32.2 Å². The highest BCUT2D eigenvalue weighted by molar-refractivity contribution is 5.73. The van der Waals surface area contributed by atoms with Crippen molar-refractivity contribution in [3.05, 3.63) is 17.5 Å². The van der Waals surface area contributed by atoms with Crippen LogP contribution in [0.15, 0.2) is 6.20 Å². The first-order valence-electron chi connectivity index (χ1n) is 5.72. The molecule has 1 rings (SSSR count). The van der Waals surface area contributed by atoms with E-state index in [-0.39, 0.29) is 30.0 Å². The molecule has 0 spiro atoms. The third-order valence-corrected chi connectivity index (χ3v) is 2.36. The normalized spacial score (nSPS) is 11.1. The molecule has 0 radical (unpaired) electrons. The lowest BCUT2D eigenvalue weighted by atomic mass is 10.1. The van der Waals surface area contributed by atoms with Gasteiger partial charge < -0.3 is 14.2 Å². The summed E-state index contributed by atoms with van der Waals surface area (Å²) >= 11 is 0. The van der Waals surface area contributed by atoms with Crippen LogP contribution in [0.5, 0.6) is 11.5 Å². The Bertz CT molecular complexity index is 488. The highest BCUT2D eigenvalue weighted by Crippen LogP contribution is 2.33. The topological polar surface area (TPSA) is 57.7 Å². The second-order valence-electron chi connectivity index (χ2n) is 3.76. The molecule has 0 N–H and O–H groups in total. The molecular weight excluding hydrogens is 279 g/mol. The molecular formula is C12H14F3NO4. The number of esters is 1. The number of hydrogen-bond donors (Lipinski definition) is 0. The van der Waals surface area contributed by atoms with E-state index >= 15 is 0 Å². The van der Waals surface area contributed by atoms with Gasteiger partial charge in [-0.2, -0.15) is 0 Å². The van der Waals surface area contributed by atoms with E-state index in [1.54, 1.807) is 6.92 Å². The van der Waals surface area contributed by atoms with Crippen molar-refractivity contribution in [2.24, 2.45) is 0 Å². The SMILES string of the molecule is CCOC(=O)Cc1ncc(OC(F)(F)F)c(C)c1OC. The number of hydrogen-bond acceptors (Lipinski definition) is 5. The first kappa shape index (κ1) is 16.1. The average molecular weight is 293 g/mol. The summed E-state index contributed by atoms with van der Waals surface area (Å²) in [5, 5.41) is 0. The van der Waals surface area contributed by atoms with Crippen molar-refractivity contribution in [2.75, 3.05) is 13.7 Å². The Morgan fingerprint density at radius 3 is 2.55 bits per heavy atom. The Morgan fingerprint density at radius 1 is 1.40 bits per heavy atom. The number of alkyl halides is 3.